The molecule has 3 heterocycles. The summed E-state index contributed by atoms with van der Waals surface area (Å²) < 4.78 is 15.1. The second kappa shape index (κ2) is 6.76. The second-order valence-electron chi connectivity index (χ2n) is 7.23. The molecule has 1 aliphatic heterocycles. The Kier molecular flexibility index (Phi) is 4.42. The van der Waals surface area contributed by atoms with Crippen LogP contribution in [0, 0.1) is 26.6 Å². The highest BCUT2D eigenvalue weighted by atomic mass is 19.1. The first-order chi connectivity index (χ1) is 13.0. The molecule has 2 aromatic heterocycles. The lowest BCUT2D eigenvalue weighted by atomic mass is 10.0. The van der Waals surface area contributed by atoms with Crippen molar-refractivity contribution in [2.75, 3.05) is 13.1 Å². The van der Waals surface area contributed by atoms with Crippen LogP contribution in [0.4, 0.5) is 4.39 Å². The van der Waals surface area contributed by atoms with E-state index >= 15 is 0 Å². The van der Waals surface area contributed by atoms with Crippen molar-refractivity contribution in [1.29, 1.82) is 0 Å². The molecule has 5 nitrogen and oxygen atoms in total. The third-order valence-corrected chi connectivity index (χ3v) is 5.42. The Morgan fingerprint density at radius 3 is 2.41 bits per heavy atom. The van der Waals surface area contributed by atoms with E-state index in [0.717, 1.165) is 65.4 Å². The number of aryl methyl sites for hydroxylation is 3. The van der Waals surface area contributed by atoms with Gasteiger partial charge in [-0.05, 0) is 51.3 Å². The number of benzene rings is 1. The van der Waals surface area contributed by atoms with Crippen molar-refractivity contribution in [3.63, 3.8) is 0 Å². The van der Waals surface area contributed by atoms with E-state index < -0.39 is 0 Å². The van der Waals surface area contributed by atoms with E-state index in [9.17, 15) is 9.18 Å². The van der Waals surface area contributed by atoms with Crippen LogP contribution in [0.1, 0.15) is 35.5 Å². The molecule has 140 valence electrons. The molecule has 3 aromatic rings. The maximum Gasteiger partial charge on any atom is 0.227 e. The number of halogens is 1. The summed E-state index contributed by atoms with van der Waals surface area (Å²) in [6, 6.07) is 6.38. The summed E-state index contributed by atoms with van der Waals surface area (Å²) in [4.78, 5) is 19.3. The standard InChI is InChI=1S/C21H23FN4O/c1-13-18(12-19(27)25-10-4-5-11-25)15(3)26-21(23-13)20(14(2)24-26)16-6-8-17(22)9-7-16/h6-9H,4-5,10-12H2,1-3H3. The van der Waals surface area contributed by atoms with Crippen molar-refractivity contribution >= 4 is 11.6 Å². The zero-order valence-electron chi connectivity index (χ0n) is 15.9. The molecule has 6 heteroatoms. The van der Waals surface area contributed by atoms with Gasteiger partial charge in [-0.2, -0.15) is 5.10 Å². The van der Waals surface area contributed by atoms with Gasteiger partial charge in [0.05, 0.1) is 12.1 Å². The number of amides is 1. The van der Waals surface area contributed by atoms with Gasteiger partial charge in [-0.3, -0.25) is 4.79 Å². The topological polar surface area (TPSA) is 50.5 Å². The van der Waals surface area contributed by atoms with Gasteiger partial charge in [0.15, 0.2) is 5.65 Å². The molecule has 1 aromatic carbocycles. The maximum atomic E-state index is 13.3. The number of carbonyl (C=O) groups excluding carboxylic acids is 1. The zero-order valence-corrected chi connectivity index (χ0v) is 15.9. The highest BCUT2D eigenvalue weighted by Gasteiger charge is 2.23. The molecule has 1 amide bonds. The van der Waals surface area contributed by atoms with Crippen LogP contribution < -0.4 is 0 Å². The first kappa shape index (κ1) is 17.6. The smallest absolute Gasteiger partial charge is 0.227 e. The Labute approximate surface area is 157 Å². The molecular weight excluding hydrogens is 343 g/mol. The number of likely N-dealkylation sites (tertiary alicyclic amines) is 1. The summed E-state index contributed by atoms with van der Waals surface area (Å²) in [5.74, 6) is -0.113. The molecule has 1 fully saturated rings. The molecule has 0 spiro atoms. The van der Waals surface area contributed by atoms with E-state index in [0.29, 0.717) is 6.42 Å². The summed E-state index contributed by atoms with van der Waals surface area (Å²) in [7, 11) is 0. The van der Waals surface area contributed by atoms with Crippen molar-refractivity contribution in [2.24, 2.45) is 0 Å². The van der Waals surface area contributed by atoms with Crippen LogP contribution in [-0.2, 0) is 11.2 Å². The third kappa shape index (κ3) is 3.09. The predicted octanol–water partition coefficient (Wildman–Crippen LogP) is 3.63. The summed E-state index contributed by atoms with van der Waals surface area (Å²) in [6.07, 6.45) is 2.52. The monoisotopic (exact) mass is 366 g/mol. The molecule has 1 aliphatic rings. The molecule has 0 radical (unpaired) electrons. The van der Waals surface area contributed by atoms with Crippen molar-refractivity contribution < 1.29 is 9.18 Å². The van der Waals surface area contributed by atoms with Gasteiger partial charge in [0.25, 0.3) is 0 Å². The molecule has 0 N–H and O–H groups in total. The lowest BCUT2D eigenvalue weighted by molar-refractivity contribution is -0.129. The average molecular weight is 366 g/mol. The number of rotatable bonds is 3. The molecule has 0 unspecified atom stereocenters. The van der Waals surface area contributed by atoms with E-state index in [1.54, 1.807) is 12.1 Å². The number of aromatic nitrogens is 3. The lowest BCUT2D eigenvalue weighted by Gasteiger charge is -2.17. The Bertz CT molecular complexity index is 1020. The maximum absolute atomic E-state index is 13.3. The molecule has 0 saturated carbocycles. The molecular formula is C21H23FN4O. The molecule has 0 bridgehead atoms. The molecule has 27 heavy (non-hydrogen) atoms. The number of fused-ring (bicyclic) bond motifs is 1. The highest BCUT2D eigenvalue weighted by molar-refractivity contribution is 5.82. The molecule has 0 atom stereocenters. The lowest BCUT2D eigenvalue weighted by Crippen LogP contribution is -2.29. The van der Waals surface area contributed by atoms with E-state index in [2.05, 4.69) is 5.10 Å². The van der Waals surface area contributed by atoms with Crippen LogP contribution in [0.3, 0.4) is 0 Å². The zero-order chi connectivity index (χ0) is 19.1. The van der Waals surface area contributed by atoms with Gasteiger partial charge in [0, 0.05) is 35.6 Å². The van der Waals surface area contributed by atoms with Gasteiger partial charge in [0.2, 0.25) is 5.91 Å². The minimum Gasteiger partial charge on any atom is -0.342 e. The predicted molar refractivity (Wildman–Crippen MR) is 102 cm³/mol. The minimum absolute atomic E-state index is 0.155. The number of carbonyl (C=O) groups is 1. The van der Waals surface area contributed by atoms with Gasteiger partial charge in [-0.1, -0.05) is 12.1 Å². The minimum atomic E-state index is -0.268. The Morgan fingerprint density at radius 1 is 1.07 bits per heavy atom. The van der Waals surface area contributed by atoms with Crippen molar-refractivity contribution in [2.45, 2.75) is 40.0 Å². The third-order valence-electron chi connectivity index (χ3n) is 5.42. The van der Waals surface area contributed by atoms with Crippen molar-refractivity contribution in [3.05, 3.63) is 52.7 Å². The Hall–Kier alpha value is -2.76. The van der Waals surface area contributed by atoms with Crippen LogP contribution in [-0.4, -0.2) is 38.5 Å². The Balaban J connectivity index is 1.78. The fraction of sp³-hybridized carbons (Fsp3) is 0.381. The highest BCUT2D eigenvalue weighted by Crippen LogP contribution is 2.29. The summed E-state index contributed by atoms with van der Waals surface area (Å²) in [6.45, 7) is 7.55. The van der Waals surface area contributed by atoms with Crippen molar-refractivity contribution in [3.8, 4) is 11.1 Å². The van der Waals surface area contributed by atoms with Crippen LogP contribution >= 0.6 is 0 Å². The van der Waals surface area contributed by atoms with E-state index in [1.165, 1.54) is 12.1 Å². The van der Waals surface area contributed by atoms with Crippen LogP contribution in [0.25, 0.3) is 16.8 Å². The first-order valence-corrected chi connectivity index (χ1v) is 9.35. The van der Waals surface area contributed by atoms with Gasteiger partial charge in [-0.15, -0.1) is 0 Å². The summed E-state index contributed by atoms with van der Waals surface area (Å²) in [5.41, 5.74) is 6.07. The van der Waals surface area contributed by atoms with Gasteiger partial charge in [0.1, 0.15) is 5.82 Å². The Morgan fingerprint density at radius 2 is 1.74 bits per heavy atom. The van der Waals surface area contributed by atoms with E-state index in [-0.39, 0.29) is 11.7 Å². The molecule has 0 aliphatic carbocycles. The number of hydrogen-bond acceptors (Lipinski definition) is 3. The van der Waals surface area contributed by atoms with Crippen molar-refractivity contribution in [1.82, 2.24) is 19.5 Å². The van der Waals surface area contributed by atoms with Gasteiger partial charge >= 0.3 is 0 Å². The summed E-state index contributed by atoms with van der Waals surface area (Å²) in [5, 5.41) is 4.65. The van der Waals surface area contributed by atoms with Gasteiger partial charge in [-0.25, -0.2) is 13.9 Å². The van der Waals surface area contributed by atoms with Crippen LogP contribution in [0.15, 0.2) is 24.3 Å². The fourth-order valence-electron chi connectivity index (χ4n) is 3.91. The molecule has 1 saturated heterocycles. The van der Waals surface area contributed by atoms with Gasteiger partial charge < -0.3 is 4.90 Å². The SMILES string of the molecule is Cc1nc2c(-c3ccc(F)cc3)c(C)nn2c(C)c1CC(=O)N1CCCC1. The largest absolute Gasteiger partial charge is 0.342 e. The second-order valence-corrected chi connectivity index (χ2v) is 7.23. The van der Waals surface area contributed by atoms with Crippen LogP contribution in [0.5, 0.6) is 0 Å². The van der Waals surface area contributed by atoms with Crippen LogP contribution in [0.2, 0.25) is 0 Å². The quantitative estimate of drug-likeness (QED) is 0.711. The van der Waals surface area contributed by atoms with E-state index in [4.69, 9.17) is 4.98 Å². The average Bonchev–Trinajstić information content (AvgIpc) is 3.28. The molecule has 4 rings (SSSR count). The first-order valence-electron chi connectivity index (χ1n) is 9.35. The van der Waals surface area contributed by atoms with E-state index in [1.807, 2.05) is 30.2 Å². The normalized spacial score (nSPS) is 14.3. The number of hydrogen-bond donors (Lipinski definition) is 0. The summed E-state index contributed by atoms with van der Waals surface area (Å²) >= 11 is 0. The fourth-order valence-corrected chi connectivity index (χ4v) is 3.91. The number of nitrogens with zero attached hydrogens (tertiary/aromatic N) is 4.